The third-order valence-electron chi connectivity index (χ3n) is 6.97. The smallest absolute Gasteiger partial charge is 0.409 e. The third-order valence-corrected chi connectivity index (χ3v) is 9.77. The fraction of sp³-hybridized carbons (Fsp3) is 0.565. The quantitative estimate of drug-likeness (QED) is 0.0301. The molecule has 2 fully saturated rings. The maximum Gasteiger partial charge on any atom is 0.527 e. The summed E-state index contributed by atoms with van der Waals surface area (Å²) < 4.78 is 106. The Balaban J connectivity index is 1.14. The number of rotatable bonds is 21. The average molecular weight is 877 g/mol. The van der Waals surface area contributed by atoms with Gasteiger partial charge in [-0.25, -0.2) is 28.2 Å². The molecule has 4 heterocycles. The second-order valence-electron chi connectivity index (χ2n) is 10.8. The summed E-state index contributed by atoms with van der Waals surface area (Å²) in [4.78, 5) is 79.1. The number of nitrogens with two attached hydrogens (primary N) is 1. The molecule has 2 aliphatic heterocycles. The van der Waals surface area contributed by atoms with Gasteiger partial charge in [0.25, 0.3) is 5.56 Å². The Labute approximate surface area is 309 Å². The Kier molecular flexibility index (Phi) is 15.3. The highest BCUT2D eigenvalue weighted by molar-refractivity contribution is 7.48. The molecule has 7 N–H and O–H groups in total. The zero-order chi connectivity index (χ0) is 41.5. The molecule has 28 nitrogen and oxygen atoms in total. The number of phosphoric ester groups is 3. The summed E-state index contributed by atoms with van der Waals surface area (Å²) in [6.07, 6.45) is -8.91. The van der Waals surface area contributed by atoms with Gasteiger partial charge in [0.2, 0.25) is 12.5 Å². The van der Waals surface area contributed by atoms with Crippen molar-refractivity contribution in [2.24, 2.45) is 0 Å². The first-order valence-electron chi connectivity index (χ1n) is 15.0. The number of H-pyrrole nitrogens is 1. The van der Waals surface area contributed by atoms with Gasteiger partial charge in [-0.1, -0.05) is 0 Å². The van der Waals surface area contributed by atoms with Gasteiger partial charge in [-0.3, -0.25) is 46.4 Å². The molecule has 316 valence electrons. The van der Waals surface area contributed by atoms with Crippen LogP contribution in [0.4, 0.5) is 14.6 Å². The summed E-state index contributed by atoms with van der Waals surface area (Å²) in [5.74, 6) is -4.80. The van der Waals surface area contributed by atoms with E-state index in [1.165, 1.54) is 13.1 Å². The highest BCUT2D eigenvalue weighted by Gasteiger charge is 2.65. The summed E-state index contributed by atoms with van der Waals surface area (Å²) in [6.45, 7) is -0.978. The van der Waals surface area contributed by atoms with E-state index < -0.39 is 103 Å². The van der Waals surface area contributed by atoms with Crippen LogP contribution in [0.25, 0.3) is 0 Å². The van der Waals surface area contributed by atoms with Crippen LogP contribution in [-0.4, -0.2) is 96.3 Å². The fourth-order valence-electron chi connectivity index (χ4n) is 4.46. The Morgan fingerprint density at radius 2 is 1.75 bits per heavy atom. The Bertz CT molecular complexity index is 2020. The van der Waals surface area contributed by atoms with Gasteiger partial charge in [0.05, 0.1) is 19.3 Å². The largest absolute Gasteiger partial charge is 0.527 e. The molecule has 2 aromatic rings. The van der Waals surface area contributed by atoms with Gasteiger partial charge in [-0.15, -0.1) is 0 Å². The van der Waals surface area contributed by atoms with Gasteiger partial charge in [-0.05, 0) is 18.0 Å². The first kappa shape index (κ1) is 45.4. The SMILES string of the molecule is COP(=O)(O)OC1OC(n2ccc(N)nc2=O)C(F)(F)C1OP(=O)(O)OCCOOOOO/C=C/OP(=O)(O)OC[C@H]1O[C@@H](n2cc(C)c(=O)[nH]c2=O)CC1O. The lowest BCUT2D eigenvalue weighted by Crippen LogP contribution is -2.43. The average Bonchev–Trinajstić information content (AvgIpc) is 3.58. The molecule has 33 heteroatoms. The number of nitrogens with zero attached hydrogens (tertiary/aromatic N) is 3. The molecule has 0 saturated carbocycles. The molecule has 0 spiro atoms. The number of halogens is 2. The maximum atomic E-state index is 15.4. The van der Waals surface area contributed by atoms with Gasteiger partial charge < -0.3 is 39.5 Å². The summed E-state index contributed by atoms with van der Waals surface area (Å²) in [7, 11) is -14.8. The number of hydrogen-bond acceptors (Lipinski definition) is 22. The molecule has 0 aliphatic carbocycles. The topological polar surface area (TPSA) is 368 Å². The van der Waals surface area contributed by atoms with Crippen molar-refractivity contribution < 1.29 is 104 Å². The molecule has 0 radical (unpaired) electrons. The van der Waals surface area contributed by atoms with E-state index >= 15 is 8.78 Å². The molecule has 2 aliphatic rings. The van der Waals surface area contributed by atoms with Crippen molar-refractivity contribution in [3.63, 3.8) is 0 Å². The van der Waals surface area contributed by atoms with Crippen molar-refractivity contribution in [2.45, 2.75) is 56.3 Å². The van der Waals surface area contributed by atoms with Crippen LogP contribution in [0.15, 0.2) is 45.4 Å². The molecule has 7 unspecified atom stereocenters. The molecule has 4 rings (SSSR count). The van der Waals surface area contributed by atoms with Crippen molar-refractivity contribution in [3.05, 3.63) is 67.9 Å². The van der Waals surface area contributed by atoms with Crippen LogP contribution in [0.3, 0.4) is 0 Å². The summed E-state index contributed by atoms with van der Waals surface area (Å²) in [6, 6.07) is 0.933. The second-order valence-corrected chi connectivity index (χ2v) is 15.2. The molecule has 56 heavy (non-hydrogen) atoms. The number of phosphoric acid groups is 3. The predicted octanol–water partition coefficient (Wildman–Crippen LogP) is -0.564. The second kappa shape index (κ2) is 18.9. The molecule has 0 bridgehead atoms. The summed E-state index contributed by atoms with van der Waals surface area (Å²) in [5, 5.41) is 22.1. The number of hydrogen-bond donors (Lipinski definition) is 6. The number of aliphatic hydroxyl groups is 1. The summed E-state index contributed by atoms with van der Waals surface area (Å²) in [5.41, 5.74) is 2.77. The molecular formula is C23H32F2N5O23P3. The van der Waals surface area contributed by atoms with Gasteiger partial charge in [0.1, 0.15) is 31.0 Å². The van der Waals surface area contributed by atoms with E-state index in [0.29, 0.717) is 19.6 Å². The number of alkyl halides is 2. The Morgan fingerprint density at radius 3 is 2.45 bits per heavy atom. The van der Waals surface area contributed by atoms with E-state index in [4.69, 9.17) is 19.7 Å². The first-order valence-corrected chi connectivity index (χ1v) is 19.5. The number of aromatic amines is 1. The van der Waals surface area contributed by atoms with Crippen molar-refractivity contribution in [1.82, 2.24) is 19.1 Å². The van der Waals surface area contributed by atoms with Crippen molar-refractivity contribution in [3.8, 4) is 0 Å². The lowest BCUT2D eigenvalue weighted by atomic mass is 10.2. The van der Waals surface area contributed by atoms with Gasteiger partial charge in [0, 0.05) is 41.6 Å². The van der Waals surface area contributed by atoms with Crippen LogP contribution in [0.2, 0.25) is 0 Å². The Morgan fingerprint density at radius 1 is 1.02 bits per heavy atom. The maximum absolute atomic E-state index is 15.4. The van der Waals surface area contributed by atoms with Crippen LogP contribution >= 0.6 is 23.5 Å². The van der Waals surface area contributed by atoms with E-state index in [-0.39, 0.29) is 22.4 Å². The standard InChI is InChI=1S/C23H32F2N5O23P3/c1-12-10-30(22(34)28-18(12)32)16-9-13(31)14(47-16)11-46-55(37,38)44-7-5-42-51-53-52-43-6-8-45-56(39,40)49-17-19(50-54(35,36)41-2)48-20(23(17,24)25)29-4-3-15(26)27-21(29)33/h3-5,7,10,13-14,16-17,19-20,31H,6,8-9,11H2,1-2H3,(H,35,36)(H,37,38)(H,39,40)(H2,26,27,33)(H,28,32,34)/b7-5+/t13?,14-,16-,17?,19?,20?/m1/s1. The number of aryl methyl sites for hydroxylation is 1. The Hall–Kier alpha value is -3.35. The van der Waals surface area contributed by atoms with Gasteiger partial charge >= 0.3 is 40.8 Å². The molecule has 2 aromatic heterocycles. The summed E-state index contributed by atoms with van der Waals surface area (Å²) >= 11 is 0. The number of aliphatic hydroxyl groups excluding tert-OH is 1. The normalized spacial score (nSPS) is 26.8. The van der Waals surface area contributed by atoms with Crippen molar-refractivity contribution in [2.75, 3.05) is 32.7 Å². The van der Waals surface area contributed by atoms with E-state index in [2.05, 4.69) is 57.5 Å². The number of nitrogen functional groups attached to an aromatic ring is 1. The number of nitrogens with one attached hydrogen (secondary N) is 1. The minimum atomic E-state index is -5.52. The first-order chi connectivity index (χ1) is 26.1. The van der Waals surface area contributed by atoms with Crippen molar-refractivity contribution in [1.29, 1.82) is 0 Å². The monoisotopic (exact) mass is 877 g/mol. The van der Waals surface area contributed by atoms with Crippen LogP contribution in [0.5, 0.6) is 0 Å². The predicted molar refractivity (Wildman–Crippen MR) is 167 cm³/mol. The van der Waals surface area contributed by atoms with Crippen LogP contribution in [-0.2, 0) is 75.2 Å². The number of anilines is 1. The molecule has 9 atom stereocenters. The van der Waals surface area contributed by atoms with Gasteiger partial charge in [-0.2, -0.15) is 13.8 Å². The zero-order valence-corrected chi connectivity index (χ0v) is 30.9. The lowest BCUT2D eigenvalue weighted by molar-refractivity contribution is -0.700. The molecule has 0 amide bonds. The van der Waals surface area contributed by atoms with Gasteiger partial charge in [0.15, 0.2) is 12.4 Å². The molecular weight excluding hydrogens is 845 g/mol. The lowest BCUT2D eigenvalue weighted by Gasteiger charge is -2.25. The van der Waals surface area contributed by atoms with Crippen LogP contribution in [0, 0.1) is 6.92 Å². The fourth-order valence-corrected chi connectivity index (χ4v) is 6.47. The highest BCUT2D eigenvalue weighted by atomic mass is 31.2. The minimum Gasteiger partial charge on any atom is -0.409 e. The number of ether oxygens (including phenoxy) is 2. The third kappa shape index (κ3) is 12.3. The van der Waals surface area contributed by atoms with E-state index in [1.54, 1.807) is 0 Å². The van der Waals surface area contributed by atoms with E-state index in [9.17, 15) is 47.9 Å². The zero-order valence-electron chi connectivity index (χ0n) is 28.2. The molecule has 2 saturated heterocycles. The van der Waals surface area contributed by atoms with Crippen LogP contribution in [0.1, 0.15) is 24.4 Å². The highest BCUT2D eigenvalue weighted by Crippen LogP contribution is 2.56. The number of aromatic nitrogens is 4. The van der Waals surface area contributed by atoms with Crippen molar-refractivity contribution >= 4 is 29.3 Å². The van der Waals surface area contributed by atoms with Crippen LogP contribution < -0.4 is 22.7 Å². The minimum absolute atomic E-state index is 0.117. The molecule has 0 aromatic carbocycles. The van der Waals surface area contributed by atoms with E-state index in [1.807, 2.05) is 0 Å². The van der Waals surface area contributed by atoms with E-state index in [0.717, 1.165) is 16.8 Å².